The van der Waals surface area contributed by atoms with Crippen LogP contribution in [0.2, 0.25) is 17.3 Å². The maximum atomic E-state index is 6.08. The molecule has 7 aromatic rings. The van der Waals surface area contributed by atoms with Crippen molar-refractivity contribution in [3.8, 4) is 22.5 Å². The minimum atomic E-state index is -1.96. The maximum absolute atomic E-state index is 6.08. The number of fused-ring (bicyclic) bond motifs is 3. The Kier molecular flexibility index (Phi) is 11.4. The van der Waals surface area contributed by atoms with Crippen molar-refractivity contribution in [2.45, 2.75) is 57.8 Å². The van der Waals surface area contributed by atoms with Gasteiger partial charge in [0.1, 0.15) is 0 Å². The largest absolute Gasteiger partial charge is 0 e. The van der Waals surface area contributed by atoms with Gasteiger partial charge in [-0.1, -0.05) is 43.4 Å². The fourth-order valence-electron chi connectivity index (χ4n) is 6.07. The van der Waals surface area contributed by atoms with Gasteiger partial charge in [0.15, 0.2) is 0 Å². The van der Waals surface area contributed by atoms with Crippen molar-refractivity contribution in [3.05, 3.63) is 144 Å². The summed E-state index contributed by atoms with van der Waals surface area (Å²) >= 11 is -1.96. The standard InChI is InChI=1S/C22H21N2O.C21H22GeN.Ir/c1-14-8-9-17-16-6-5-7-18(20(16)25-21(17)24-14)19-12-15(10-11-23-19)13-22(2,3)4;1-22(2,3)20-16-23-21(18-12-8-5-9-13-18)15-19(20)14-17-10-6-4-7-11-17;/h5-6,8-12H,13H2,1-4H3;4-12,15-16H,14H2,1-3H3;/q2*-1;. The third kappa shape index (κ3) is 9.02. The molecule has 0 atom stereocenters. The quantitative estimate of drug-likeness (QED) is 0.123. The van der Waals surface area contributed by atoms with Gasteiger partial charge in [0.2, 0.25) is 5.71 Å². The van der Waals surface area contributed by atoms with Crippen molar-refractivity contribution >= 4 is 39.7 Å². The Morgan fingerprint density at radius 3 is 2.24 bits per heavy atom. The van der Waals surface area contributed by atoms with Crippen molar-refractivity contribution in [2.75, 3.05) is 0 Å². The van der Waals surface area contributed by atoms with Gasteiger partial charge in [0.25, 0.3) is 0 Å². The van der Waals surface area contributed by atoms with Crippen LogP contribution in [-0.2, 0) is 32.9 Å². The SMILES string of the molecule is Cc1ccc2c(n1)oc1c(-c3cc(CC(C)(C)C)ccn3)[c-]ccc12.[CH3][Ge]([CH3])([CH3])[c]1cnc(-c2[c-]cccc2)cc1Cc1ccccc1.[Ir]. The first kappa shape index (κ1) is 36.4. The molecule has 0 spiro atoms. The summed E-state index contributed by atoms with van der Waals surface area (Å²) in [6, 6.07) is 39.9. The summed E-state index contributed by atoms with van der Waals surface area (Å²) in [5.41, 5.74) is 10.6. The number of benzene rings is 3. The van der Waals surface area contributed by atoms with Crippen LogP contribution in [0, 0.1) is 24.5 Å². The van der Waals surface area contributed by atoms with Crippen LogP contribution in [-0.4, -0.2) is 28.2 Å². The third-order valence-corrected chi connectivity index (χ3v) is 12.6. The molecule has 0 unspecified atom stereocenters. The number of aryl methyl sites for hydroxylation is 1. The second-order valence-electron chi connectivity index (χ2n) is 14.7. The van der Waals surface area contributed by atoms with Crippen LogP contribution in [0.25, 0.3) is 44.6 Å². The van der Waals surface area contributed by atoms with Gasteiger partial charge < -0.3 is 9.40 Å². The summed E-state index contributed by atoms with van der Waals surface area (Å²) in [7, 11) is 0. The molecule has 0 aliphatic heterocycles. The van der Waals surface area contributed by atoms with Crippen LogP contribution in [0.5, 0.6) is 0 Å². The maximum Gasteiger partial charge on any atom is 0 e. The van der Waals surface area contributed by atoms with Crippen molar-refractivity contribution in [2.24, 2.45) is 5.41 Å². The molecule has 0 saturated carbocycles. The molecule has 0 amide bonds. The zero-order valence-corrected chi connectivity index (χ0v) is 33.9. The van der Waals surface area contributed by atoms with Crippen molar-refractivity contribution in [3.63, 3.8) is 0 Å². The summed E-state index contributed by atoms with van der Waals surface area (Å²) in [5.74, 6) is 7.29. The van der Waals surface area contributed by atoms with Gasteiger partial charge in [0, 0.05) is 37.4 Å². The Labute approximate surface area is 307 Å². The molecule has 3 aromatic carbocycles. The molecule has 0 bridgehead atoms. The Morgan fingerprint density at radius 1 is 0.755 bits per heavy atom. The van der Waals surface area contributed by atoms with E-state index in [2.05, 4.69) is 127 Å². The molecule has 4 nitrogen and oxygen atoms in total. The summed E-state index contributed by atoms with van der Waals surface area (Å²) in [6.07, 6.45) is 5.96. The summed E-state index contributed by atoms with van der Waals surface area (Å²) < 4.78 is 7.57. The average molecular weight is 883 g/mol. The molecule has 0 aliphatic rings. The molecule has 1 radical (unpaired) electrons. The molecule has 49 heavy (non-hydrogen) atoms. The Hall–Kier alpha value is -3.90. The van der Waals surface area contributed by atoms with Crippen LogP contribution < -0.4 is 4.40 Å². The molecule has 0 saturated heterocycles. The van der Waals surface area contributed by atoms with E-state index in [1.807, 2.05) is 49.5 Å². The van der Waals surface area contributed by atoms with E-state index in [1.165, 1.54) is 21.1 Å². The molecule has 0 aliphatic carbocycles. The smallest absolute Gasteiger partial charge is 0 e. The van der Waals surface area contributed by atoms with Crippen molar-refractivity contribution < 1.29 is 24.5 Å². The number of hydrogen-bond donors (Lipinski definition) is 0. The van der Waals surface area contributed by atoms with Crippen LogP contribution in [0.1, 0.15) is 43.2 Å². The fraction of sp³-hybridized carbons (Fsp3) is 0.233. The van der Waals surface area contributed by atoms with Crippen LogP contribution >= 0.6 is 0 Å². The molecular weight excluding hydrogens is 839 g/mol. The second-order valence-corrected chi connectivity index (χ2v) is 25.3. The molecular formula is C43H43GeIrN3O-2. The molecule has 6 heteroatoms. The molecule has 4 heterocycles. The summed E-state index contributed by atoms with van der Waals surface area (Å²) in [6.45, 7) is 8.70. The van der Waals surface area contributed by atoms with Crippen molar-refractivity contribution in [1.29, 1.82) is 0 Å². The van der Waals surface area contributed by atoms with Gasteiger partial charge in [-0.2, -0.15) is 0 Å². The molecule has 4 aromatic heterocycles. The first-order valence-electron chi connectivity index (χ1n) is 16.6. The van der Waals surface area contributed by atoms with Gasteiger partial charge in [-0.25, -0.2) is 4.98 Å². The van der Waals surface area contributed by atoms with E-state index in [9.17, 15) is 0 Å². The number of hydrogen-bond acceptors (Lipinski definition) is 4. The fourth-order valence-corrected chi connectivity index (χ4v) is 9.38. The van der Waals surface area contributed by atoms with E-state index in [-0.39, 0.29) is 25.5 Å². The predicted octanol–water partition coefficient (Wildman–Crippen LogP) is 10.4. The first-order chi connectivity index (χ1) is 22.9. The van der Waals surface area contributed by atoms with E-state index in [0.717, 1.165) is 57.4 Å². The Balaban J connectivity index is 0.000000188. The first-order valence-corrected chi connectivity index (χ1v) is 24.0. The number of nitrogens with zero attached hydrogens (tertiary/aromatic N) is 3. The summed E-state index contributed by atoms with van der Waals surface area (Å²) in [5, 5.41) is 2.08. The topological polar surface area (TPSA) is 51.8 Å². The van der Waals surface area contributed by atoms with Gasteiger partial charge >= 0.3 is 142 Å². The van der Waals surface area contributed by atoms with Gasteiger partial charge in [0.05, 0.1) is 5.58 Å². The Morgan fingerprint density at radius 2 is 1.53 bits per heavy atom. The Bertz CT molecular complexity index is 2160. The zero-order valence-electron chi connectivity index (χ0n) is 29.4. The van der Waals surface area contributed by atoms with Crippen LogP contribution in [0.3, 0.4) is 0 Å². The monoisotopic (exact) mass is 884 g/mol. The van der Waals surface area contributed by atoms with Crippen LogP contribution in [0.15, 0.2) is 114 Å². The summed E-state index contributed by atoms with van der Waals surface area (Å²) in [4.78, 5) is 13.8. The van der Waals surface area contributed by atoms with E-state index < -0.39 is 13.3 Å². The number of rotatable bonds is 6. The second kappa shape index (κ2) is 15.3. The molecule has 251 valence electrons. The van der Waals surface area contributed by atoms with E-state index in [4.69, 9.17) is 9.40 Å². The normalized spacial score (nSPS) is 11.6. The minimum Gasteiger partial charge on any atom is 0 e. The van der Waals surface area contributed by atoms with Crippen LogP contribution in [0.4, 0.5) is 0 Å². The number of aromatic nitrogens is 3. The van der Waals surface area contributed by atoms with Gasteiger partial charge in [-0.15, -0.1) is 18.2 Å². The molecule has 0 fully saturated rings. The van der Waals surface area contributed by atoms with Gasteiger partial charge in [-0.3, -0.25) is 0 Å². The molecule has 0 N–H and O–H groups in total. The van der Waals surface area contributed by atoms with Crippen molar-refractivity contribution in [1.82, 2.24) is 15.0 Å². The predicted molar refractivity (Wildman–Crippen MR) is 202 cm³/mol. The van der Waals surface area contributed by atoms with E-state index in [1.54, 1.807) is 0 Å². The molecule has 7 rings (SSSR count). The number of furan rings is 1. The third-order valence-electron chi connectivity index (χ3n) is 8.27. The number of pyridine rings is 3. The minimum absolute atomic E-state index is 0. The van der Waals surface area contributed by atoms with E-state index >= 15 is 0 Å². The van der Waals surface area contributed by atoms with E-state index in [0.29, 0.717) is 5.71 Å². The zero-order chi connectivity index (χ0) is 33.9. The average Bonchev–Trinajstić information content (AvgIpc) is 3.42. The van der Waals surface area contributed by atoms with Gasteiger partial charge in [-0.05, 0) is 42.7 Å².